The lowest BCUT2D eigenvalue weighted by Gasteiger charge is -2.36. The molecule has 0 amide bonds. The van der Waals surface area contributed by atoms with E-state index in [-0.39, 0.29) is 25.1 Å². The van der Waals surface area contributed by atoms with Crippen molar-refractivity contribution < 1.29 is 22.7 Å². The van der Waals surface area contributed by atoms with Crippen LogP contribution in [-0.2, 0) is 28.8 Å². The van der Waals surface area contributed by atoms with Gasteiger partial charge in [-0.3, -0.25) is 23.6 Å². The zero-order chi connectivity index (χ0) is 25.2. The van der Waals surface area contributed by atoms with Crippen molar-refractivity contribution in [3.8, 4) is 0 Å². The van der Waals surface area contributed by atoms with E-state index in [1.54, 1.807) is 16.8 Å². The Labute approximate surface area is 202 Å². The van der Waals surface area contributed by atoms with Crippen LogP contribution in [0.3, 0.4) is 0 Å². The molecular weight excluding hydrogens is 485 g/mol. The Hall–Kier alpha value is -3.12. The third-order valence-electron chi connectivity index (χ3n) is 6.19. The van der Waals surface area contributed by atoms with Crippen LogP contribution in [0.1, 0.15) is 12.0 Å². The molecule has 3 heterocycles. The SMILES string of the molecule is COC(=O)CCn1c(=O)n(CCN2CCN(c3cccc(C(F)(F)F)c3)CC2)c(=O)c2cscc21. The van der Waals surface area contributed by atoms with Crippen LogP contribution in [0.5, 0.6) is 0 Å². The van der Waals surface area contributed by atoms with Crippen molar-refractivity contribution in [2.24, 2.45) is 0 Å². The van der Waals surface area contributed by atoms with Crippen molar-refractivity contribution in [2.75, 3.05) is 44.7 Å². The Balaban J connectivity index is 1.44. The van der Waals surface area contributed by atoms with Crippen LogP contribution in [-0.4, -0.2) is 59.8 Å². The second-order valence-corrected chi connectivity index (χ2v) is 9.01. The zero-order valence-corrected chi connectivity index (χ0v) is 19.9. The van der Waals surface area contributed by atoms with Gasteiger partial charge < -0.3 is 9.64 Å². The van der Waals surface area contributed by atoms with Gasteiger partial charge in [-0.2, -0.15) is 13.2 Å². The van der Waals surface area contributed by atoms with E-state index in [2.05, 4.69) is 9.64 Å². The molecule has 0 aliphatic carbocycles. The summed E-state index contributed by atoms with van der Waals surface area (Å²) in [6.45, 7) is 2.95. The van der Waals surface area contributed by atoms with Crippen LogP contribution in [0.2, 0.25) is 0 Å². The molecule has 1 fully saturated rings. The molecule has 0 N–H and O–H groups in total. The molecule has 8 nitrogen and oxygen atoms in total. The zero-order valence-electron chi connectivity index (χ0n) is 19.1. The van der Waals surface area contributed by atoms with E-state index in [1.807, 2.05) is 4.90 Å². The first-order valence-corrected chi connectivity index (χ1v) is 12.0. The number of piperazine rings is 1. The number of ether oxygens (including phenoxy) is 1. The first kappa shape index (κ1) is 25.0. The molecule has 1 aliphatic rings. The average Bonchev–Trinajstić information content (AvgIpc) is 3.33. The third kappa shape index (κ3) is 5.43. The van der Waals surface area contributed by atoms with E-state index in [9.17, 15) is 27.6 Å². The first-order valence-electron chi connectivity index (χ1n) is 11.1. The van der Waals surface area contributed by atoms with Gasteiger partial charge in [0.15, 0.2) is 0 Å². The van der Waals surface area contributed by atoms with Crippen molar-refractivity contribution >= 4 is 33.9 Å². The summed E-state index contributed by atoms with van der Waals surface area (Å²) >= 11 is 1.31. The summed E-state index contributed by atoms with van der Waals surface area (Å²) in [5.41, 5.74) is -0.508. The summed E-state index contributed by atoms with van der Waals surface area (Å²) in [4.78, 5) is 41.6. The van der Waals surface area contributed by atoms with Gasteiger partial charge in [-0.25, -0.2) is 4.79 Å². The highest BCUT2D eigenvalue weighted by Crippen LogP contribution is 2.31. The van der Waals surface area contributed by atoms with Crippen molar-refractivity contribution in [3.05, 3.63) is 61.4 Å². The maximum absolute atomic E-state index is 13.1. The maximum Gasteiger partial charge on any atom is 0.416 e. The van der Waals surface area contributed by atoms with Crippen LogP contribution >= 0.6 is 11.3 Å². The number of hydrogen-bond donors (Lipinski definition) is 0. The molecule has 35 heavy (non-hydrogen) atoms. The number of hydrogen-bond acceptors (Lipinski definition) is 7. The molecule has 188 valence electrons. The summed E-state index contributed by atoms with van der Waals surface area (Å²) in [5.74, 6) is -0.448. The number of fused-ring (bicyclic) bond motifs is 1. The van der Waals surface area contributed by atoms with E-state index in [0.29, 0.717) is 49.3 Å². The Kier molecular flexibility index (Phi) is 7.31. The van der Waals surface area contributed by atoms with Crippen molar-refractivity contribution in [3.63, 3.8) is 0 Å². The van der Waals surface area contributed by atoms with Gasteiger partial charge in [0.25, 0.3) is 5.56 Å². The molecule has 1 aliphatic heterocycles. The lowest BCUT2D eigenvalue weighted by molar-refractivity contribution is -0.141. The minimum absolute atomic E-state index is 0.0110. The number of methoxy groups -OCH3 is 1. The van der Waals surface area contributed by atoms with Crippen molar-refractivity contribution in [1.29, 1.82) is 0 Å². The summed E-state index contributed by atoms with van der Waals surface area (Å²) in [7, 11) is 1.28. The summed E-state index contributed by atoms with van der Waals surface area (Å²) in [5, 5.41) is 3.83. The van der Waals surface area contributed by atoms with E-state index in [0.717, 1.165) is 12.1 Å². The standard InChI is InChI=1S/C23H25F3N4O4S/c1-34-20(31)5-6-29-19-15-35-14-18(19)21(32)30(22(29)33)12-9-27-7-10-28(11-8-27)17-4-2-3-16(13-17)23(24,25)26/h2-4,13-15H,5-12H2,1H3. The summed E-state index contributed by atoms with van der Waals surface area (Å²) < 4.78 is 46.4. The van der Waals surface area contributed by atoms with Gasteiger partial charge in [-0.15, -0.1) is 11.3 Å². The number of carbonyl (C=O) groups is 1. The Morgan fingerprint density at radius 1 is 1.03 bits per heavy atom. The fourth-order valence-corrected chi connectivity index (χ4v) is 5.02. The molecule has 1 saturated heterocycles. The number of alkyl halides is 3. The first-order chi connectivity index (χ1) is 16.7. The topological polar surface area (TPSA) is 76.8 Å². The summed E-state index contributed by atoms with van der Waals surface area (Å²) in [6.07, 6.45) is -4.38. The highest BCUT2D eigenvalue weighted by atomic mass is 32.1. The number of anilines is 1. The predicted molar refractivity (Wildman–Crippen MR) is 127 cm³/mol. The molecule has 0 radical (unpaired) electrons. The largest absolute Gasteiger partial charge is 0.469 e. The smallest absolute Gasteiger partial charge is 0.416 e. The van der Waals surface area contributed by atoms with Crippen LogP contribution in [0, 0.1) is 0 Å². The van der Waals surface area contributed by atoms with Crippen LogP contribution in [0.4, 0.5) is 18.9 Å². The molecular formula is C23H25F3N4O4S. The number of thiophene rings is 1. The second kappa shape index (κ2) is 10.2. The summed E-state index contributed by atoms with van der Waals surface area (Å²) in [6, 6.07) is 5.28. The predicted octanol–water partition coefficient (Wildman–Crippen LogP) is 2.63. The van der Waals surface area contributed by atoms with E-state index in [4.69, 9.17) is 0 Å². The molecule has 0 spiro atoms. The highest BCUT2D eigenvalue weighted by Gasteiger charge is 2.31. The van der Waals surface area contributed by atoms with Gasteiger partial charge in [0.05, 0.1) is 30.0 Å². The number of halogens is 3. The minimum Gasteiger partial charge on any atom is -0.469 e. The van der Waals surface area contributed by atoms with Gasteiger partial charge >= 0.3 is 17.8 Å². The second-order valence-electron chi connectivity index (χ2n) is 8.26. The fourth-order valence-electron chi connectivity index (χ4n) is 4.21. The maximum atomic E-state index is 13.1. The molecule has 4 rings (SSSR count). The van der Waals surface area contributed by atoms with Crippen LogP contribution in [0.25, 0.3) is 10.9 Å². The van der Waals surface area contributed by atoms with Gasteiger partial charge in [-0.05, 0) is 18.2 Å². The Morgan fingerprint density at radius 3 is 2.46 bits per heavy atom. The number of aromatic nitrogens is 2. The Morgan fingerprint density at radius 2 is 1.77 bits per heavy atom. The number of benzene rings is 1. The average molecular weight is 511 g/mol. The molecule has 0 atom stereocenters. The van der Waals surface area contributed by atoms with Crippen LogP contribution < -0.4 is 16.1 Å². The van der Waals surface area contributed by atoms with Gasteiger partial charge in [0.1, 0.15) is 0 Å². The number of esters is 1. The third-order valence-corrected chi connectivity index (χ3v) is 6.92. The molecule has 0 unspecified atom stereocenters. The lowest BCUT2D eigenvalue weighted by atomic mass is 10.1. The molecule has 0 saturated carbocycles. The Bertz CT molecular complexity index is 1320. The quantitative estimate of drug-likeness (QED) is 0.455. The molecule has 3 aromatic rings. The van der Waals surface area contributed by atoms with Crippen molar-refractivity contribution in [1.82, 2.24) is 14.0 Å². The number of carbonyl (C=O) groups excluding carboxylic acids is 1. The lowest BCUT2D eigenvalue weighted by Crippen LogP contribution is -2.49. The molecule has 12 heteroatoms. The van der Waals surface area contributed by atoms with Crippen LogP contribution in [0.15, 0.2) is 44.6 Å². The van der Waals surface area contributed by atoms with E-state index in [1.165, 1.54) is 33.6 Å². The molecule has 1 aromatic carbocycles. The van der Waals surface area contributed by atoms with E-state index >= 15 is 0 Å². The van der Waals surface area contributed by atoms with Gasteiger partial charge in [0, 0.05) is 62.3 Å². The fraction of sp³-hybridized carbons (Fsp3) is 0.435. The molecule has 0 bridgehead atoms. The molecule has 2 aromatic heterocycles. The minimum atomic E-state index is -4.39. The number of aryl methyl sites for hydroxylation is 1. The van der Waals surface area contributed by atoms with Gasteiger partial charge in [0.2, 0.25) is 0 Å². The monoisotopic (exact) mass is 510 g/mol. The van der Waals surface area contributed by atoms with Gasteiger partial charge in [-0.1, -0.05) is 6.07 Å². The highest BCUT2D eigenvalue weighted by molar-refractivity contribution is 7.09. The number of nitrogens with zero attached hydrogens (tertiary/aromatic N) is 4. The number of rotatable bonds is 7. The normalized spacial score (nSPS) is 15.0. The van der Waals surface area contributed by atoms with Crippen molar-refractivity contribution in [2.45, 2.75) is 25.7 Å². The van der Waals surface area contributed by atoms with E-state index < -0.39 is 23.4 Å².